The lowest BCUT2D eigenvalue weighted by Gasteiger charge is -2.26. The van der Waals surface area contributed by atoms with Crippen molar-refractivity contribution in [2.24, 2.45) is 5.92 Å². The molecule has 0 aromatic rings. The number of hydrogen-bond acceptors (Lipinski definition) is 3. The van der Waals surface area contributed by atoms with Crippen molar-refractivity contribution >= 4 is 11.8 Å². The Kier molecular flexibility index (Phi) is 2.78. The van der Waals surface area contributed by atoms with Crippen LogP contribution in [0.25, 0.3) is 0 Å². The van der Waals surface area contributed by atoms with E-state index in [2.05, 4.69) is 5.32 Å². The number of fused-ring (bicyclic) bond motifs is 1. The summed E-state index contributed by atoms with van der Waals surface area (Å²) in [6, 6.07) is 0.375. The Labute approximate surface area is 101 Å². The van der Waals surface area contributed by atoms with E-state index in [1.807, 2.05) is 4.90 Å². The third kappa shape index (κ3) is 1.92. The van der Waals surface area contributed by atoms with Crippen molar-refractivity contribution in [2.45, 2.75) is 25.3 Å². The first-order valence-electron chi connectivity index (χ1n) is 6.53. The molecule has 17 heavy (non-hydrogen) atoms. The Hall–Kier alpha value is -1.10. The summed E-state index contributed by atoms with van der Waals surface area (Å²) in [4.78, 5) is 27.4. The van der Waals surface area contributed by atoms with Gasteiger partial charge in [0, 0.05) is 38.6 Å². The Morgan fingerprint density at radius 3 is 3.00 bits per heavy atom. The number of amides is 2. The summed E-state index contributed by atoms with van der Waals surface area (Å²) in [5, 5.41) is 3.34. The van der Waals surface area contributed by atoms with Gasteiger partial charge in [0.05, 0.1) is 6.54 Å². The number of rotatable bonds is 2. The molecule has 0 unspecified atom stereocenters. The highest BCUT2D eigenvalue weighted by atomic mass is 16.2. The molecule has 0 aromatic carbocycles. The van der Waals surface area contributed by atoms with E-state index < -0.39 is 0 Å². The number of carbonyl (C=O) groups is 2. The molecule has 0 spiro atoms. The van der Waals surface area contributed by atoms with Crippen LogP contribution < -0.4 is 5.32 Å². The summed E-state index contributed by atoms with van der Waals surface area (Å²) in [5.41, 5.74) is 0. The van der Waals surface area contributed by atoms with Crippen molar-refractivity contribution < 1.29 is 9.59 Å². The van der Waals surface area contributed by atoms with Crippen LogP contribution in [0.3, 0.4) is 0 Å². The van der Waals surface area contributed by atoms with Crippen molar-refractivity contribution in [2.75, 3.05) is 32.7 Å². The van der Waals surface area contributed by atoms with Crippen molar-refractivity contribution in [1.82, 2.24) is 15.1 Å². The molecule has 5 heteroatoms. The molecule has 2 atom stereocenters. The van der Waals surface area contributed by atoms with Crippen LogP contribution >= 0.6 is 0 Å². The zero-order valence-corrected chi connectivity index (χ0v) is 10.0. The summed E-state index contributed by atoms with van der Waals surface area (Å²) in [5.74, 6) is 0.906. The Balaban J connectivity index is 1.60. The molecule has 0 aliphatic carbocycles. The lowest BCUT2D eigenvalue weighted by Crippen LogP contribution is -2.45. The molecule has 3 heterocycles. The molecule has 5 nitrogen and oxygen atoms in total. The standard InChI is InChI=1S/C12H19N3O2/c16-11-2-1-4-14(11)8-12(17)15-5-3-9-6-13-7-10(9)15/h9-10,13H,1-8H2/t9-,10+/m1/s1. The van der Waals surface area contributed by atoms with E-state index in [-0.39, 0.29) is 11.8 Å². The second-order valence-corrected chi connectivity index (χ2v) is 5.28. The van der Waals surface area contributed by atoms with Gasteiger partial charge in [-0.1, -0.05) is 0 Å². The molecule has 1 N–H and O–H groups in total. The molecule has 0 bridgehead atoms. The van der Waals surface area contributed by atoms with Gasteiger partial charge in [0.2, 0.25) is 11.8 Å². The van der Waals surface area contributed by atoms with Gasteiger partial charge in [-0.05, 0) is 18.8 Å². The minimum Gasteiger partial charge on any atom is -0.337 e. The Bertz CT molecular complexity index is 345. The monoisotopic (exact) mass is 237 g/mol. The van der Waals surface area contributed by atoms with Crippen LogP contribution in [0.15, 0.2) is 0 Å². The summed E-state index contributed by atoms with van der Waals surface area (Å²) in [6.45, 7) is 3.88. The van der Waals surface area contributed by atoms with Crippen LogP contribution in [0, 0.1) is 5.92 Å². The summed E-state index contributed by atoms with van der Waals surface area (Å²) >= 11 is 0. The number of carbonyl (C=O) groups excluding carboxylic acids is 2. The predicted molar refractivity (Wildman–Crippen MR) is 62.3 cm³/mol. The summed E-state index contributed by atoms with van der Waals surface area (Å²) < 4.78 is 0. The molecular formula is C12H19N3O2. The molecule has 3 aliphatic rings. The highest BCUT2D eigenvalue weighted by molar-refractivity contribution is 5.86. The molecule has 3 fully saturated rings. The van der Waals surface area contributed by atoms with Gasteiger partial charge >= 0.3 is 0 Å². The van der Waals surface area contributed by atoms with Gasteiger partial charge in [-0.2, -0.15) is 0 Å². The minimum atomic E-state index is 0.136. The van der Waals surface area contributed by atoms with Crippen molar-refractivity contribution in [3.63, 3.8) is 0 Å². The lowest BCUT2D eigenvalue weighted by atomic mass is 10.1. The molecule has 2 amide bonds. The van der Waals surface area contributed by atoms with E-state index in [1.165, 1.54) is 0 Å². The highest BCUT2D eigenvalue weighted by Gasteiger charge is 2.40. The smallest absolute Gasteiger partial charge is 0.242 e. The largest absolute Gasteiger partial charge is 0.337 e. The summed E-state index contributed by atoms with van der Waals surface area (Å²) in [6.07, 6.45) is 2.62. The first-order chi connectivity index (χ1) is 8.25. The van der Waals surface area contributed by atoms with E-state index in [0.717, 1.165) is 39.0 Å². The topological polar surface area (TPSA) is 52.7 Å². The number of hydrogen-bond donors (Lipinski definition) is 1. The Morgan fingerprint density at radius 1 is 1.35 bits per heavy atom. The van der Waals surface area contributed by atoms with Crippen LogP contribution in [-0.4, -0.2) is 60.4 Å². The average molecular weight is 237 g/mol. The molecule has 0 aromatic heterocycles. The second-order valence-electron chi connectivity index (χ2n) is 5.28. The van der Waals surface area contributed by atoms with Crippen molar-refractivity contribution in [3.8, 4) is 0 Å². The van der Waals surface area contributed by atoms with Crippen LogP contribution in [0.4, 0.5) is 0 Å². The van der Waals surface area contributed by atoms with Crippen LogP contribution in [-0.2, 0) is 9.59 Å². The van der Waals surface area contributed by atoms with Gasteiger partial charge in [-0.3, -0.25) is 9.59 Å². The van der Waals surface area contributed by atoms with E-state index >= 15 is 0 Å². The van der Waals surface area contributed by atoms with E-state index in [0.29, 0.717) is 24.9 Å². The molecule has 94 valence electrons. The van der Waals surface area contributed by atoms with Gasteiger partial charge in [0.1, 0.15) is 0 Å². The Morgan fingerprint density at radius 2 is 2.24 bits per heavy atom. The van der Waals surface area contributed by atoms with Gasteiger partial charge in [-0.15, -0.1) is 0 Å². The maximum atomic E-state index is 12.2. The fraction of sp³-hybridized carbons (Fsp3) is 0.833. The zero-order valence-electron chi connectivity index (χ0n) is 10.0. The zero-order chi connectivity index (χ0) is 11.8. The molecule has 3 saturated heterocycles. The normalized spacial score (nSPS) is 32.4. The molecule has 3 rings (SSSR count). The van der Waals surface area contributed by atoms with Crippen LogP contribution in [0.5, 0.6) is 0 Å². The summed E-state index contributed by atoms with van der Waals surface area (Å²) in [7, 11) is 0. The van der Waals surface area contributed by atoms with E-state index in [1.54, 1.807) is 4.90 Å². The van der Waals surface area contributed by atoms with E-state index in [9.17, 15) is 9.59 Å². The molecular weight excluding hydrogens is 218 g/mol. The van der Waals surface area contributed by atoms with Gasteiger partial charge < -0.3 is 15.1 Å². The number of nitrogens with one attached hydrogen (secondary N) is 1. The average Bonchev–Trinajstić information content (AvgIpc) is 2.94. The molecule has 0 radical (unpaired) electrons. The quantitative estimate of drug-likeness (QED) is 0.700. The first-order valence-corrected chi connectivity index (χ1v) is 6.53. The van der Waals surface area contributed by atoms with Gasteiger partial charge in [-0.25, -0.2) is 0 Å². The molecule has 0 saturated carbocycles. The maximum Gasteiger partial charge on any atom is 0.242 e. The van der Waals surface area contributed by atoms with Crippen LogP contribution in [0.1, 0.15) is 19.3 Å². The second kappa shape index (κ2) is 4.29. The number of nitrogens with zero attached hydrogens (tertiary/aromatic N) is 2. The first kappa shape index (κ1) is 11.0. The van der Waals surface area contributed by atoms with Crippen molar-refractivity contribution in [3.05, 3.63) is 0 Å². The molecule has 3 aliphatic heterocycles. The van der Waals surface area contributed by atoms with Gasteiger partial charge in [0.15, 0.2) is 0 Å². The maximum absolute atomic E-state index is 12.2. The van der Waals surface area contributed by atoms with Crippen LogP contribution in [0.2, 0.25) is 0 Å². The third-order valence-corrected chi connectivity index (χ3v) is 4.26. The van der Waals surface area contributed by atoms with E-state index in [4.69, 9.17) is 0 Å². The predicted octanol–water partition coefficient (Wildman–Crippen LogP) is -0.571. The highest BCUT2D eigenvalue weighted by Crippen LogP contribution is 2.27. The lowest BCUT2D eigenvalue weighted by molar-refractivity contribution is -0.138. The van der Waals surface area contributed by atoms with Crippen molar-refractivity contribution in [1.29, 1.82) is 0 Å². The van der Waals surface area contributed by atoms with Gasteiger partial charge in [0.25, 0.3) is 0 Å². The fourth-order valence-electron chi connectivity index (χ4n) is 3.28. The minimum absolute atomic E-state index is 0.136. The fourth-order valence-corrected chi connectivity index (χ4v) is 3.28. The number of likely N-dealkylation sites (tertiary alicyclic amines) is 2. The SMILES string of the molecule is O=C1CCCN1CC(=O)N1CC[C@@H]2CNC[C@@H]21. The third-order valence-electron chi connectivity index (χ3n) is 4.26.